The number of carbonyl (C=O) groups excluding carboxylic acids is 3. The molecule has 3 heterocycles. The largest absolute Gasteiger partial charge is 0.480 e. The van der Waals surface area contributed by atoms with Crippen LogP contribution in [0.1, 0.15) is 42.9 Å². The molecule has 0 aliphatic carbocycles. The molecule has 0 spiro atoms. The van der Waals surface area contributed by atoms with Crippen LogP contribution in [0.2, 0.25) is 0 Å². The minimum atomic E-state index is -1.62. The number of nitrogens with zero attached hydrogens (tertiary/aromatic N) is 2. The number of amides is 2. The first-order valence-electron chi connectivity index (χ1n) is 10.1. The summed E-state index contributed by atoms with van der Waals surface area (Å²) < 4.78 is 0. The summed E-state index contributed by atoms with van der Waals surface area (Å²) in [4.78, 5) is 56.5. The molecule has 2 aliphatic heterocycles. The van der Waals surface area contributed by atoms with Crippen molar-refractivity contribution in [2.75, 3.05) is 4.90 Å². The highest BCUT2D eigenvalue weighted by Crippen LogP contribution is 2.51. The summed E-state index contributed by atoms with van der Waals surface area (Å²) in [5, 5.41) is 13.3. The van der Waals surface area contributed by atoms with Gasteiger partial charge in [-0.3, -0.25) is 29.5 Å². The number of aliphatic carboxylic acids is 1. The monoisotopic (exact) mass is 421 g/mol. The number of hydrogen-bond donors (Lipinski definition) is 2. The molecule has 0 saturated carbocycles. The Bertz CT molecular complexity index is 1070. The Labute approximate surface area is 179 Å². The zero-order chi connectivity index (χ0) is 22.5. The van der Waals surface area contributed by atoms with Gasteiger partial charge in [0, 0.05) is 11.8 Å². The molecule has 160 valence electrons. The standard InChI is InChI=1S/C23H23N3O5/c1-12(2)23(22(30)31)18-17(19(25-23)16-6-4-5-11-24-16)20(28)26(21(18)29)15-9-7-14(8-10-15)13(3)27/h4-12,17-19,25H,1-3H3,(H,30,31). The SMILES string of the molecule is CC(=O)c1ccc(N2C(=O)C3C(c4ccccn4)NC(C(=O)O)(C(C)C)C3C2=O)cc1. The predicted molar refractivity (Wildman–Crippen MR) is 111 cm³/mol. The first-order valence-corrected chi connectivity index (χ1v) is 10.1. The molecule has 4 unspecified atom stereocenters. The van der Waals surface area contributed by atoms with E-state index in [0.717, 1.165) is 4.90 Å². The van der Waals surface area contributed by atoms with Gasteiger partial charge in [-0.25, -0.2) is 4.90 Å². The quantitative estimate of drug-likeness (QED) is 0.562. The van der Waals surface area contributed by atoms with Crippen molar-refractivity contribution in [2.45, 2.75) is 32.4 Å². The summed E-state index contributed by atoms with van der Waals surface area (Å²) in [7, 11) is 0. The van der Waals surface area contributed by atoms with Crippen LogP contribution in [0.4, 0.5) is 5.69 Å². The Hall–Kier alpha value is -3.39. The maximum atomic E-state index is 13.5. The van der Waals surface area contributed by atoms with Crippen LogP contribution in [-0.2, 0) is 14.4 Å². The zero-order valence-corrected chi connectivity index (χ0v) is 17.4. The number of carboxylic acids is 1. The number of rotatable bonds is 5. The second kappa shape index (κ2) is 7.39. The highest BCUT2D eigenvalue weighted by atomic mass is 16.4. The number of anilines is 1. The summed E-state index contributed by atoms with van der Waals surface area (Å²) in [6.07, 6.45) is 1.57. The normalized spacial score (nSPS) is 27.6. The molecule has 0 bridgehead atoms. The average Bonchev–Trinajstić information content (AvgIpc) is 3.24. The summed E-state index contributed by atoms with van der Waals surface area (Å²) in [5.74, 6) is -4.81. The fraction of sp³-hybridized carbons (Fsp3) is 0.348. The van der Waals surface area contributed by atoms with Crippen LogP contribution in [0.25, 0.3) is 0 Å². The molecule has 2 amide bonds. The topological polar surface area (TPSA) is 117 Å². The van der Waals surface area contributed by atoms with Crippen LogP contribution >= 0.6 is 0 Å². The second-order valence-corrected chi connectivity index (χ2v) is 8.32. The van der Waals surface area contributed by atoms with Gasteiger partial charge in [-0.1, -0.05) is 19.9 Å². The number of imide groups is 1. The second-order valence-electron chi connectivity index (χ2n) is 8.32. The first-order chi connectivity index (χ1) is 14.7. The molecular formula is C23H23N3O5. The Balaban J connectivity index is 1.84. The van der Waals surface area contributed by atoms with Crippen molar-refractivity contribution >= 4 is 29.3 Å². The lowest BCUT2D eigenvalue weighted by Gasteiger charge is -2.34. The van der Waals surface area contributed by atoms with E-state index in [0.29, 0.717) is 16.9 Å². The average molecular weight is 421 g/mol. The number of fused-ring (bicyclic) bond motifs is 1. The molecule has 1 aromatic carbocycles. The van der Waals surface area contributed by atoms with E-state index in [-0.39, 0.29) is 5.78 Å². The Morgan fingerprint density at radius 1 is 1.10 bits per heavy atom. The Kier molecular flexibility index (Phi) is 4.97. The summed E-state index contributed by atoms with van der Waals surface area (Å²) in [6.45, 7) is 4.88. The number of Topliss-reactive ketones (excluding diaryl/α,β-unsaturated/α-hetero) is 1. The fourth-order valence-electron chi connectivity index (χ4n) is 4.83. The van der Waals surface area contributed by atoms with Crippen LogP contribution in [0.3, 0.4) is 0 Å². The molecule has 4 atom stereocenters. The minimum absolute atomic E-state index is 0.133. The van der Waals surface area contributed by atoms with E-state index >= 15 is 0 Å². The van der Waals surface area contributed by atoms with Gasteiger partial charge in [-0.05, 0) is 49.2 Å². The van der Waals surface area contributed by atoms with E-state index in [1.807, 2.05) is 0 Å². The Morgan fingerprint density at radius 2 is 1.77 bits per heavy atom. The maximum absolute atomic E-state index is 13.5. The van der Waals surface area contributed by atoms with Crippen molar-refractivity contribution in [3.05, 3.63) is 59.9 Å². The molecule has 0 radical (unpaired) electrons. The van der Waals surface area contributed by atoms with Crippen molar-refractivity contribution in [3.8, 4) is 0 Å². The van der Waals surface area contributed by atoms with Crippen LogP contribution < -0.4 is 10.2 Å². The van der Waals surface area contributed by atoms with E-state index < -0.39 is 47.1 Å². The van der Waals surface area contributed by atoms with Gasteiger partial charge in [0.25, 0.3) is 0 Å². The van der Waals surface area contributed by atoms with Crippen molar-refractivity contribution in [3.63, 3.8) is 0 Å². The number of aromatic nitrogens is 1. The summed E-state index contributed by atoms with van der Waals surface area (Å²) in [5.41, 5.74) is -0.334. The molecule has 2 aliphatic rings. The minimum Gasteiger partial charge on any atom is -0.480 e. The Morgan fingerprint density at radius 3 is 2.29 bits per heavy atom. The molecule has 31 heavy (non-hydrogen) atoms. The molecule has 1 aromatic heterocycles. The molecule has 2 N–H and O–H groups in total. The van der Waals surface area contributed by atoms with Crippen LogP contribution in [0.15, 0.2) is 48.7 Å². The maximum Gasteiger partial charge on any atom is 0.325 e. The number of nitrogens with one attached hydrogen (secondary N) is 1. The highest BCUT2D eigenvalue weighted by Gasteiger charge is 2.69. The number of carboxylic acid groups (broad SMARTS) is 1. The zero-order valence-electron chi connectivity index (χ0n) is 17.4. The smallest absolute Gasteiger partial charge is 0.325 e. The molecule has 2 saturated heterocycles. The number of ketones is 1. The highest BCUT2D eigenvalue weighted by molar-refractivity contribution is 6.24. The van der Waals surface area contributed by atoms with E-state index in [9.17, 15) is 24.3 Å². The molecule has 4 rings (SSSR count). The van der Waals surface area contributed by atoms with E-state index in [1.165, 1.54) is 19.1 Å². The van der Waals surface area contributed by atoms with E-state index in [4.69, 9.17) is 0 Å². The van der Waals surface area contributed by atoms with Gasteiger partial charge in [-0.15, -0.1) is 0 Å². The van der Waals surface area contributed by atoms with Crippen molar-refractivity contribution in [1.82, 2.24) is 10.3 Å². The van der Waals surface area contributed by atoms with E-state index in [2.05, 4.69) is 10.3 Å². The molecular weight excluding hydrogens is 398 g/mol. The molecule has 2 aromatic rings. The third-order valence-corrected chi connectivity index (χ3v) is 6.40. The number of hydrogen-bond acceptors (Lipinski definition) is 6. The lowest BCUT2D eigenvalue weighted by molar-refractivity contribution is -0.151. The number of benzene rings is 1. The molecule has 2 fully saturated rings. The molecule has 8 nitrogen and oxygen atoms in total. The van der Waals surface area contributed by atoms with Crippen molar-refractivity contribution < 1.29 is 24.3 Å². The third-order valence-electron chi connectivity index (χ3n) is 6.40. The summed E-state index contributed by atoms with van der Waals surface area (Å²) in [6, 6.07) is 10.7. The molecule has 8 heteroatoms. The van der Waals surface area contributed by atoms with Gasteiger partial charge < -0.3 is 5.11 Å². The van der Waals surface area contributed by atoms with Crippen molar-refractivity contribution in [2.24, 2.45) is 17.8 Å². The van der Waals surface area contributed by atoms with Crippen LogP contribution in [-0.4, -0.2) is 39.2 Å². The van der Waals surface area contributed by atoms with Gasteiger partial charge in [0.05, 0.1) is 29.3 Å². The van der Waals surface area contributed by atoms with Gasteiger partial charge in [0.15, 0.2) is 5.78 Å². The van der Waals surface area contributed by atoms with E-state index in [1.54, 1.807) is 50.4 Å². The first kappa shape index (κ1) is 20.9. The fourth-order valence-corrected chi connectivity index (χ4v) is 4.83. The van der Waals surface area contributed by atoms with Gasteiger partial charge in [0.2, 0.25) is 11.8 Å². The van der Waals surface area contributed by atoms with Crippen molar-refractivity contribution in [1.29, 1.82) is 0 Å². The van der Waals surface area contributed by atoms with Gasteiger partial charge in [-0.2, -0.15) is 0 Å². The van der Waals surface area contributed by atoms with Gasteiger partial charge in [0.1, 0.15) is 5.54 Å². The summed E-state index contributed by atoms with van der Waals surface area (Å²) >= 11 is 0. The third kappa shape index (κ3) is 2.97. The predicted octanol–water partition coefficient (Wildman–Crippen LogP) is 2.21. The number of pyridine rings is 1. The van der Waals surface area contributed by atoms with Crippen LogP contribution in [0, 0.1) is 17.8 Å². The lowest BCUT2D eigenvalue weighted by Crippen LogP contribution is -2.59. The number of carbonyl (C=O) groups is 4. The van der Waals surface area contributed by atoms with Gasteiger partial charge >= 0.3 is 5.97 Å². The lowest BCUT2D eigenvalue weighted by atomic mass is 9.73. The van der Waals surface area contributed by atoms with Crippen LogP contribution in [0.5, 0.6) is 0 Å².